The number of halogens is 1. The Bertz CT molecular complexity index is 1250. The molecule has 0 atom stereocenters. The van der Waals surface area contributed by atoms with Gasteiger partial charge >= 0.3 is 0 Å². The summed E-state index contributed by atoms with van der Waals surface area (Å²) in [7, 11) is 0. The van der Waals surface area contributed by atoms with Crippen LogP contribution in [0.2, 0.25) is 0 Å². The summed E-state index contributed by atoms with van der Waals surface area (Å²) in [6.07, 6.45) is 8.22. The van der Waals surface area contributed by atoms with Crippen molar-refractivity contribution in [1.29, 1.82) is 5.26 Å². The zero-order chi connectivity index (χ0) is 20.6. The van der Waals surface area contributed by atoms with Crippen LogP contribution in [0.5, 0.6) is 0 Å². The SMILES string of the molecule is N#CC1(n2c(CCNc3ncnc4nc[nH]c34)nc3ccc(F)cc32)CCCCC1. The van der Waals surface area contributed by atoms with E-state index >= 15 is 0 Å². The third-order valence-corrected chi connectivity index (χ3v) is 5.87. The first-order chi connectivity index (χ1) is 14.7. The van der Waals surface area contributed by atoms with Gasteiger partial charge in [0.15, 0.2) is 11.5 Å². The van der Waals surface area contributed by atoms with Gasteiger partial charge in [-0.2, -0.15) is 5.26 Å². The normalized spacial score (nSPS) is 16.0. The molecule has 0 radical (unpaired) electrons. The fraction of sp³-hybridized carbons (Fsp3) is 0.381. The van der Waals surface area contributed by atoms with Crippen molar-refractivity contribution in [1.82, 2.24) is 29.5 Å². The summed E-state index contributed by atoms with van der Waals surface area (Å²) in [6.45, 7) is 0.554. The lowest BCUT2D eigenvalue weighted by atomic mass is 9.82. The van der Waals surface area contributed by atoms with E-state index in [1.54, 1.807) is 12.4 Å². The highest BCUT2D eigenvalue weighted by Gasteiger charge is 2.37. The third-order valence-electron chi connectivity index (χ3n) is 5.87. The molecule has 3 aromatic heterocycles. The Balaban J connectivity index is 1.49. The number of aromatic nitrogens is 6. The minimum atomic E-state index is -0.679. The van der Waals surface area contributed by atoms with E-state index in [1.807, 2.05) is 4.57 Å². The van der Waals surface area contributed by atoms with Crippen molar-refractivity contribution in [3.8, 4) is 6.07 Å². The lowest BCUT2D eigenvalue weighted by Gasteiger charge is -2.34. The molecule has 0 saturated heterocycles. The molecule has 30 heavy (non-hydrogen) atoms. The average Bonchev–Trinajstić information content (AvgIpc) is 3.39. The molecule has 3 heterocycles. The number of imidazole rings is 2. The first-order valence-corrected chi connectivity index (χ1v) is 10.2. The molecule has 1 aliphatic rings. The van der Waals surface area contributed by atoms with Gasteiger partial charge in [-0.25, -0.2) is 24.3 Å². The number of hydrogen-bond acceptors (Lipinski definition) is 6. The summed E-state index contributed by atoms with van der Waals surface area (Å²) in [5, 5.41) is 13.4. The van der Waals surface area contributed by atoms with E-state index in [0.29, 0.717) is 35.5 Å². The highest BCUT2D eigenvalue weighted by molar-refractivity contribution is 5.82. The van der Waals surface area contributed by atoms with Crippen molar-refractivity contribution in [2.24, 2.45) is 0 Å². The molecule has 1 aromatic carbocycles. The highest BCUT2D eigenvalue weighted by atomic mass is 19.1. The van der Waals surface area contributed by atoms with Gasteiger partial charge in [-0.05, 0) is 31.0 Å². The largest absolute Gasteiger partial charge is 0.368 e. The Morgan fingerprint density at radius 2 is 2.07 bits per heavy atom. The second-order valence-electron chi connectivity index (χ2n) is 7.70. The molecule has 4 aromatic rings. The van der Waals surface area contributed by atoms with Crippen LogP contribution in [0.3, 0.4) is 0 Å². The van der Waals surface area contributed by atoms with Gasteiger partial charge in [-0.15, -0.1) is 0 Å². The molecule has 1 aliphatic carbocycles. The quantitative estimate of drug-likeness (QED) is 0.525. The maximum atomic E-state index is 14.1. The second-order valence-corrected chi connectivity index (χ2v) is 7.70. The summed E-state index contributed by atoms with van der Waals surface area (Å²) < 4.78 is 16.0. The van der Waals surface area contributed by atoms with Crippen molar-refractivity contribution in [3.63, 3.8) is 0 Å². The van der Waals surface area contributed by atoms with E-state index in [4.69, 9.17) is 4.98 Å². The fourth-order valence-electron chi connectivity index (χ4n) is 4.46. The molecule has 1 fully saturated rings. The van der Waals surface area contributed by atoms with Crippen LogP contribution < -0.4 is 5.32 Å². The van der Waals surface area contributed by atoms with Gasteiger partial charge in [-0.1, -0.05) is 19.3 Å². The predicted molar refractivity (Wildman–Crippen MR) is 110 cm³/mol. The molecule has 0 bridgehead atoms. The van der Waals surface area contributed by atoms with E-state index in [-0.39, 0.29) is 5.82 Å². The molecule has 0 spiro atoms. The van der Waals surface area contributed by atoms with Gasteiger partial charge in [0, 0.05) is 13.0 Å². The van der Waals surface area contributed by atoms with Crippen molar-refractivity contribution < 1.29 is 4.39 Å². The molecule has 0 unspecified atom stereocenters. The number of nitriles is 1. The first-order valence-electron chi connectivity index (χ1n) is 10.2. The lowest BCUT2D eigenvalue weighted by Crippen LogP contribution is -2.36. The fourth-order valence-corrected chi connectivity index (χ4v) is 4.46. The van der Waals surface area contributed by atoms with Crippen LogP contribution in [-0.4, -0.2) is 36.0 Å². The van der Waals surface area contributed by atoms with Crippen LogP contribution in [0.25, 0.3) is 22.2 Å². The summed E-state index contributed by atoms with van der Waals surface area (Å²) in [5.41, 5.74) is 2.06. The van der Waals surface area contributed by atoms with E-state index in [2.05, 4.69) is 31.3 Å². The average molecular weight is 404 g/mol. The van der Waals surface area contributed by atoms with Gasteiger partial charge in [-0.3, -0.25) is 0 Å². The number of fused-ring (bicyclic) bond motifs is 2. The number of nitrogens with one attached hydrogen (secondary N) is 2. The van der Waals surface area contributed by atoms with Gasteiger partial charge in [0.25, 0.3) is 0 Å². The van der Waals surface area contributed by atoms with Crippen LogP contribution in [-0.2, 0) is 12.0 Å². The number of aromatic amines is 1. The Kier molecular flexibility index (Phi) is 4.54. The number of hydrogen-bond donors (Lipinski definition) is 2. The molecule has 0 amide bonds. The molecule has 5 rings (SSSR count). The third kappa shape index (κ3) is 3.05. The Hall–Kier alpha value is -3.54. The Morgan fingerprint density at radius 1 is 1.20 bits per heavy atom. The van der Waals surface area contributed by atoms with Gasteiger partial charge in [0.1, 0.15) is 29.0 Å². The molecule has 9 heteroatoms. The molecule has 152 valence electrons. The number of benzene rings is 1. The lowest BCUT2D eigenvalue weighted by molar-refractivity contribution is 0.266. The summed E-state index contributed by atoms with van der Waals surface area (Å²) >= 11 is 0. The number of H-pyrrole nitrogens is 1. The van der Waals surface area contributed by atoms with Crippen molar-refractivity contribution >= 4 is 28.0 Å². The maximum Gasteiger partial charge on any atom is 0.182 e. The van der Waals surface area contributed by atoms with Crippen LogP contribution in [0, 0.1) is 17.1 Å². The van der Waals surface area contributed by atoms with Crippen molar-refractivity contribution in [3.05, 3.63) is 42.5 Å². The van der Waals surface area contributed by atoms with Gasteiger partial charge in [0.05, 0.1) is 23.4 Å². The molecular weight excluding hydrogens is 383 g/mol. The standard InChI is InChI=1S/C21H21FN8/c22-14-4-5-15-16(10-14)30(21(11-23)7-2-1-3-8-21)17(29-15)6-9-24-19-18-20(26-12-25-18)28-13-27-19/h4-5,10,12-13H,1-3,6-9H2,(H2,24,25,26,27,28). The van der Waals surface area contributed by atoms with E-state index in [0.717, 1.165) is 43.4 Å². The van der Waals surface area contributed by atoms with Crippen LogP contribution in [0.15, 0.2) is 30.9 Å². The maximum absolute atomic E-state index is 14.1. The van der Waals surface area contributed by atoms with Crippen LogP contribution >= 0.6 is 0 Å². The zero-order valence-corrected chi connectivity index (χ0v) is 16.4. The number of rotatable bonds is 5. The van der Waals surface area contributed by atoms with Gasteiger partial charge < -0.3 is 14.9 Å². The van der Waals surface area contributed by atoms with Gasteiger partial charge in [0.2, 0.25) is 0 Å². The summed E-state index contributed by atoms with van der Waals surface area (Å²) in [5.74, 6) is 1.13. The highest BCUT2D eigenvalue weighted by Crippen LogP contribution is 2.38. The second kappa shape index (κ2) is 7.37. The number of anilines is 1. The predicted octanol–water partition coefficient (Wildman–Crippen LogP) is 3.68. The van der Waals surface area contributed by atoms with Crippen LogP contribution in [0.1, 0.15) is 37.9 Å². The van der Waals surface area contributed by atoms with E-state index in [9.17, 15) is 9.65 Å². The smallest absolute Gasteiger partial charge is 0.182 e. The molecule has 0 aliphatic heterocycles. The Morgan fingerprint density at radius 3 is 2.90 bits per heavy atom. The minimum Gasteiger partial charge on any atom is -0.368 e. The van der Waals surface area contributed by atoms with Crippen LogP contribution in [0.4, 0.5) is 10.2 Å². The topological polar surface area (TPSA) is 108 Å². The molecule has 1 saturated carbocycles. The molecule has 2 N–H and O–H groups in total. The monoisotopic (exact) mass is 404 g/mol. The first kappa shape index (κ1) is 18.5. The van der Waals surface area contributed by atoms with E-state index in [1.165, 1.54) is 18.5 Å². The summed E-state index contributed by atoms with van der Waals surface area (Å²) in [4.78, 5) is 20.3. The Labute approximate surface area is 172 Å². The summed E-state index contributed by atoms with van der Waals surface area (Å²) in [6, 6.07) is 7.14. The molecule has 8 nitrogen and oxygen atoms in total. The van der Waals surface area contributed by atoms with Crippen molar-refractivity contribution in [2.75, 3.05) is 11.9 Å². The number of nitrogens with zero attached hydrogens (tertiary/aromatic N) is 6. The zero-order valence-electron chi connectivity index (χ0n) is 16.4. The molecular formula is C21H21FN8. The van der Waals surface area contributed by atoms with E-state index < -0.39 is 5.54 Å². The van der Waals surface area contributed by atoms with Crippen molar-refractivity contribution in [2.45, 2.75) is 44.1 Å². The minimum absolute atomic E-state index is 0.320.